The predicted octanol–water partition coefficient (Wildman–Crippen LogP) is 3.59. The Morgan fingerprint density at radius 3 is 2.71 bits per heavy atom. The molecule has 92 valence electrons. The molecule has 0 unspecified atom stereocenters. The highest BCUT2D eigenvalue weighted by molar-refractivity contribution is 9.13. The minimum Gasteiger partial charge on any atom is -0.493 e. The molecule has 1 aromatic carbocycles. The number of hydrogen-bond acceptors (Lipinski definition) is 4. The Labute approximate surface area is 116 Å². The van der Waals surface area contributed by atoms with Gasteiger partial charge in [-0.1, -0.05) is 17.8 Å². The van der Waals surface area contributed by atoms with Crippen molar-refractivity contribution >= 4 is 38.1 Å². The van der Waals surface area contributed by atoms with Crippen molar-refractivity contribution in [2.45, 2.75) is 0 Å². The van der Waals surface area contributed by atoms with Crippen molar-refractivity contribution in [3.63, 3.8) is 0 Å². The molecule has 6 heteroatoms. The summed E-state index contributed by atoms with van der Waals surface area (Å²) in [7, 11) is 1.54. The molecule has 0 aromatic heterocycles. The Bertz CT molecular complexity index is 447. The first-order chi connectivity index (χ1) is 8.15. The normalized spacial score (nSPS) is 10.5. The van der Waals surface area contributed by atoms with Gasteiger partial charge < -0.3 is 14.7 Å². The molecule has 0 heterocycles. The van der Waals surface area contributed by atoms with Crippen LogP contribution in [0.5, 0.6) is 11.5 Å². The van der Waals surface area contributed by atoms with Crippen LogP contribution in [0.1, 0.15) is 5.56 Å². The molecule has 1 aromatic rings. The van der Waals surface area contributed by atoms with Gasteiger partial charge in [0.15, 0.2) is 11.5 Å². The molecule has 0 aliphatic carbocycles. The van der Waals surface area contributed by atoms with Crippen molar-refractivity contribution in [3.8, 4) is 11.5 Å². The summed E-state index contributed by atoms with van der Waals surface area (Å²) in [6.45, 7) is 3.95. The SMILES string of the molecule is C=CCOc1c(OC)cc(/C=N\O)c(Br)c1Br. The van der Waals surface area contributed by atoms with Gasteiger partial charge in [0.05, 0.1) is 17.8 Å². The maximum atomic E-state index is 8.56. The zero-order chi connectivity index (χ0) is 12.8. The van der Waals surface area contributed by atoms with Crippen LogP contribution in [0.2, 0.25) is 0 Å². The summed E-state index contributed by atoms with van der Waals surface area (Å²) in [5.74, 6) is 1.10. The van der Waals surface area contributed by atoms with E-state index in [1.165, 1.54) is 13.3 Å². The average Bonchev–Trinajstić information content (AvgIpc) is 2.34. The number of rotatable bonds is 5. The lowest BCUT2D eigenvalue weighted by molar-refractivity contribution is 0.321. The van der Waals surface area contributed by atoms with Gasteiger partial charge in [-0.3, -0.25) is 0 Å². The Balaban J connectivity index is 3.29. The van der Waals surface area contributed by atoms with Crippen LogP contribution in [0, 0.1) is 0 Å². The third-order valence-electron chi connectivity index (χ3n) is 1.92. The number of nitrogens with zero attached hydrogens (tertiary/aromatic N) is 1. The molecule has 0 saturated carbocycles. The van der Waals surface area contributed by atoms with E-state index in [1.807, 2.05) is 0 Å². The van der Waals surface area contributed by atoms with E-state index in [0.29, 0.717) is 28.1 Å². The van der Waals surface area contributed by atoms with Crippen LogP contribution < -0.4 is 9.47 Å². The van der Waals surface area contributed by atoms with Gasteiger partial charge in [0.1, 0.15) is 6.61 Å². The number of benzene rings is 1. The number of methoxy groups -OCH3 is 1. The molecule has 0 aliphatic rings. The summed E-state index contributed by atoms with van der Waals surface area (Å²) in [6, 6.07) is 1.70. The number of ether oxygens (including phenoxy) is 2. The zero-order valence-electron chi connectivity index (χ0n) is 9.11. The molecular weight excluding hydrogens is 354 g/mol. The van der Waals surface area contributed by atoms with Crippen LogP contribution >= 0.6 is 31.9 Å². The van der Waals surface area contributed by atoms with Crippen molar-refractivity contribution in [3.05, 3.63) is 33.2 Å². The summed E-state index contributed by atoms with van der Waals surface area (Å²) in [6.07, 6.45) is 2.94. The number of hydrogen-bond donors (Lipinski definition) is 1. The van der Waals surface area contributed by atoms with E-state index in [4.69, 9.17) is 14.7 Å². The maximum absolute atomic E-state index is 8.56. The summed E-state index contributed by atoms with van der Waals surface area (Å²) in [5.41, 5.74) is 0.669. The monoisotopic (exact) mass is 363 g/mol. The molecule has 4 nitrogen and oxygen atoms in total. The number of oxime groups is 1. The summed E-state index contributed by atoms with van der Waals surface area (Å²) < 4.78 is 12.1. The fourth-order valence-electron chi connectivity index (χ4n) is 1.19. The van der Waals surface area contributed by atoms with Gasteiger partial charge >= 0.3 is 0 Å². The molecule has 0 bridgehead atoms. The van der Waals surface area contributed by atoms with Gasteiger partial charge in [-0.2, -0.15) is 0 Å². The highest BCUT2D eigenvalue weighted by Crippen LogP contribution is 2.42. The fourth-order valence-corrected chi connectivity index (χ4v) is 2.12. The quantitative estimate of drug-likeness (QED) is 0.376. The van der Waals surface area contributed by atoms with Gasteiger partial charge in [0.2, 0.25) is 0 Å². The molecule has 0 saturated heterocycles. The maximum Gasteiger partial charge on any atom is 0.176 e. The van der Waals surface area contributed by atoms with E-state index in [0.717, 1.165) is 4.47 Å². The van der Waals surface area contributed by atoms with Crippen molar-refractivity contribution in [2.24, 2.45) is 5.16 Å². The third-order valence-corrected chi connectivity index (χ3v) is 4.06. The van der Waals surface area contributed by atoms with E-state index in [-0.39, 0.29) is 0 Å². The van der Waals surface area contributed by atoms with Crippen LogP contribution in [0.4, 0.5) is 0 Å². The first-order valence-corrected chi connectivity index (χ1v) is 6.21. The van der Waals surface area contributed by atoms with Crippen LogP contribution in [-0.2, 0) is 0 Å². The topological polar surface area (TPSA) is 51.0 Å². The van der Waals surface area contributed by atoms with Gasteiger partial charge in [0.25, 0.3) is 0 Å². The van der Waals surface area contributed by atoms with E-state index in [1.54, 1.807) is 12.1 Å². The molecule has 0 aliphatic heterocycles. The van der Waals surface area contributed by atoms with Crippen molar-refractivity contribution in [1.29, 1.82) is 0 Å². The second-order valence-corrected chi connectivity index (χ2v) is 4.56. The molecule has 0 amide bonds. The zero-order valence-corrected chi connectivity index (χ0v) is 12.3. The van der Waals surface area contributed by atoms with Crippen molar-refractivity contribution in [2.75, 3.05) is 13.7 Å². The highest BCUT2D eigenvalue weighted by atomic mass is 79.9. The summed E-state index contributed by atoms with van der Waals surface area (Å²) in [4.78, 5) is 0. The predicted molar refractivity (Wildman–Crippen MR) is 73.5 cm³/mol. The van der Waals surface area contributed by atoms with E-state index < -0.39 is 0 Å². The second kappa shape index (κ2) is 6.66. The first-order valence-electron chi connectivity index (χ1n) is 4.62. The van der Waals surface area contributed by atoms with Crippen molar-refractivity contribution in [1.82, 2.24) is 0 Å². The third kappa shape index (κ3) is 3.23. The minimum absolute atomic E-state index is 0.370. The Hall–Kier alpha value is -1.01. The molecule has 17 heavy (non-hydrogen) atoms. The van der Waals surface area contributed by atoms with Gasteiger partial charge in [0, 0.05) is 10.0 Å². The first kappa shape index (κ1) is 14.1. The van der Waals surface area contributed by atoms with Gasteiger partial charge in [-0.15, -0.1) is 0 Å². The molecule has 0 radical (unpaired) electrons. The van der Waals surface area contributed by atoms with Gasteiger partial charge in [-0.05, 0) is 37.9 Å². The Morgan fingerprint density at radius 1 is 1.47 bits per heavy atom. The highest BCUT2D eigenvalue weighted by Gasteiger charge is 2.16. The molecule has 0 atom stereocenters. The average molecular weight is 365 g/mol. The minimum atomic E-state index is 0.370. The standard InChI is InChI=1S/C11H11Br2NO3/c1-3-4-17-11-8(16-2)5-7(6-14-15)9(12)10(11)13/h3,5-6,15H,1,4H2,2H3/b14-6-. The lowest BCUT2D eigenvalue weighted by Gasteiger charge is -2.14. The lowest BCUT2D eigenvalue weighted by atomic mass is 10.2. The largest absolute Gasteiger partial charge is 0.493 e. The van der Waals surface area contributed by atoms with E-state index in [9.17, 15) is 0 Å². The van der Waals surface area contributed by atoms with E-state index in [2.05, 4.69) is 43.6 Å². The molecule has 0 spiro atoms. The molecule has 0 fully saturated rings. The Kier molecular flexibility index (Phi) is 5.50. The van der Waals surface area contributed by atoms with Crippen LogP contribution in [-0.4, -0.2) is 25.1 Å². The summed E-state index contributed by atoms with van der Waals surface area (Å²) in [5, 5.41) is 11.5. The molecule has 1 N–H and O–H groups in total. The van der Waals surface area contributed by atoms with Crippen LogP contribution in [0.3, 0.4) is 0 Å². The van der Waals surface area contributed by atoms with Crippen LogP contribution in [0.25, 0.3) is 0 Å². The van der Waals surface area contributed by atoms with Crippen LogP contribution in [0.15, 0.2) is 32.8 Å². The van der Waals surface area contributed by atoms with E-state index >= 15 is 0 Å². The lowest BCUT2D eigenvalue weighted by Crippen LogP contribution is -1.99. The second-order valence-electron chi connectivity index (χ2n) is 2.97. The number of halogens is 2. The Morgan fingerprint density at radius 2 is 2.18 bits per heavy atom. The molecular formula is C11H11Br2NO3. The smallest absolute Gasteiger partial charge is 0.176 e. The van der Waals surface area contributed by atoms with Crippen molar-refractivity contribution < 1.29 is 14.7 Å². The summed E-state index contributed by atoms with van der Waals surface area (Å²) >= 11 is 6.77. The fraction of sp³-hybridized carbons (Fsp3) is 0.182. The van der Waals surface area contributed by atoms with Gasteiger partial charge in [-0.25, -0.2) is 0 Å². The molecule has 1 rings (SSSR count).